The number of aliphatic hydroxyl groups excluding tert-OH is 1. The lowest BCUT2D eigenvalue weighted by atomic mass is 9.95. The van der Waals surface area contributed by atoms with Gasteiger partial charge in [-0.15, -0.1) is 0 Å². The standard InChI is InChI=1S/C18H25N3O3/c1-5-18(3,9-11-22)19-17(23)14-8-10-21(20-14)15-12-13(2)6-7-16(15)24-4/h6-8,10,12,22H,5,9,11H2,1-4H3,(H,19,23). The van der Waals surface area contributed by atoms with Gasteiger partial charge in [0.1, 0.15) is 11.4 Å². The van der Waals surface area contributed by atoms with E-state index in [0.717, 1.165) is 17.7 Å². The second-order valence-electron chi connectivity index (χ2n) is 6.16. The van der Waals surface area contributed by atoms with Crippen LogP contribution in [0.25, 0.3) is 5.69 Å². The van der Waals surface area contributed by atoms with Crippen molar-refractivity contribution in [1.29, 1.82) is 0 Å². The molecule has 1 unspecified atom stereocenters. The van der Waals surface area contributed by atoms with Crippen LogP contribution in [0.4, 0.5) is 0 Å². The van der Waals surface area contributed by atoms with E-state index in [9.17, 15) is 4.79 Å². The zero-order chi connectivity index (χ0) is 17.7. The Kier molecular flexibility index (Phi) is 5.62. The number of aryl methyl sites for hydroxylation is 1. The molecule has 0 aliphatic carbocycles. The maximum atomic E-state index is 12.5. The third-order valence-corrected chi connectivity index (χ3v) is 4.26. The Hall–Kier alpha value is -2.34. The minimum Gasteiger partial charge on any atom is -0.494 e. The predicted molar refractivity (Wildman–Crippen MR) is 92.7 cm³/mol. The van der Waals surface area contributed by atoms with E-state index in [1.165, 1.54) is 0 Å². The smallest absolute Gasteiger partial charge is 0.272 e. The van der Waals surface area contributed by atoms with Crippen molar-refractivity contribution in [3.63, 3.8) is 0 Å². The van der Waals surface area contributed by atoms with E-state index in [1.54, 1.807) is 24.1 Å². The first-order valence-electron chi connectivity index (χ1n) is 8.06. The van der Waals surface area contributed by atoms with Gasteiger partial charge in [-0.05, 0) is 50.5 Å². The van der Waals surface area contributed by atoms with Crippen molar-refractivity contribution in [2.24, 2.45) is 0 Å². The van der Waals surface area contributed by atoms with Gasteiger partial charge in [-0.25, -0.2) is 4.68 Å². The number of methoxy groups -OCH3 is 1. The number of ether oxygens (including phenoxy) is 1. The molecule has 1 amide bonds. The molecule has 1 heterocycles. The average molecular weight is 331 g/mol. The Balaban J connectivity index is 2.25. The highest BCUT2D eigenvalue weighted by Crippen LogP contribution is 2.23. The Morgan fingerprint density at radius 1 is 1.42 bits per heavy atom. The molecule has 6 nitrogen and oxygen atoms in total. The maximum Gasteiger partial charge on any atom is 0.272 e. The molecule has 0 radical (unpaired) electrons. The Morgan fingerprint density at radius 2 is 2.17 bits per heavy atom. The zero-order valence-electron chi connectivity index (χ0n) is 14.7. The van der Waals surface area contributed by atoms with Crippen molar-refractivity contribution < 1.29 is 14.6 Å². The number of hydrogen-bond donors (Lipinski definition) is 2. The summed E-state index contributed by atoms with van der Waals surface area (Å²) in [6.07, 6.45) is 2.97. The maximum absolute atomic E-state index is 12.5. The van der Waals surface area contributed by atoms with Crippen LogP contribution in [0.2, 0.25) is 0 Å². The van der Waals surface area contributed by atoms with Gasteiger partial charge in [0.15, 0.2) is 5.69 Å². The molecule has 0 saturated heterocycles. The fourth-order valence-electron chi connectivity index (χ4n) is 2.47. The summed E-state index contributed by atoms with van der Waals surface area (Å²) in [7, 11) is 1.60. The van der Waals surface area contributed by atoms with Crippen molar-refractivity contribution in [3.8, 4) is 11.4 Å². The first-order chi connectivity index (χ1) is 11.4. The number of nitrogens with one attached hydrogen (secondary N) is 1. The summed E-state index contributed by atoms with van der Waals surface area (Å²) >= 11 is 0. The molecular formula is C18H25N3O3. The summed E-state index contributed by atoms with van der Waals surface area (Å²) in [6.45, 7) is 5.91. The molecule has 1 aromatic carbocycles. The van der Waals surface area contributed by atoms with E-state index in [0.29, 0.717) is 17.9 Å². The largest absolute Gasteiger partial charge is 0.494 e. The van der Waals surface area contributed by atoms with Crippen LogP contribution in [0.15, 0.2) is 30.5 Å². The normalized spacial score (nSPS) is 13.4. The van der Waals surface area contributed by atoms with Gasteiger partial charge in [0, 0.05) is 18.3 Å². The quantitative estimate of drug-likeness (QED) is 0.817. The summed E-state index contributed by atoms with van der Waals surface area (Å²) < 4.78 is 7.00. The highest BCUT2D eigenvalue weighted by atomic mass is 16.5. The van der Waals surface area contributed by atoms with E-state index in [1.807, 2.05) is 39.0 Å². The molecule has 0 spiro atoms. The number of benzene rings is 1. The highest BCUT2D eigenvalue weighted by Gasteiger charge is 2.25. The molecule has 6 heteroatoms. The van der Waals surface area contributed by atoms with E-state index in [4.69, 9.17) is 9.84 Å². The van der Waals surface area contributed by atoms with Crippen LogP contribution >= 0.6 is 0 Å². The monoisotopic (exact) mass is 331 g/mol. The summed E-state index contributed by atoms with van der Waals surface area (Å²) in [5.74, 6) is 0.438. The van der Waals surface area contributed by atoms with Gasteiger partial charge in [-0.3, -0.25) is 4.79 Å². The van der Waals surface area contributed by atoms with Gasteiger partial charge >= 0.3 is 0 Å². The minimum atomic E-state index is -0.448. The second-order valence-corrected chi connectivity index (χ2v) is 6.16. The Bertz CT molecular complexity index is 711. The lowest BCUT2D eigenvalue weighted by Crippen LogP contribution is -2.46. The van der Waals surface area contributed by atoms with E-state index in [2.05, 4.69) is 10.4 Å². The topological polar surface area (TPSA) is 76.4 Å². The lowest BCUT2D eigenvalue weighted by molar-refractivity contribution is 0.0880. The number of carbonyl (C=O) groups is 1. The number of hydrogen-bond acceptors (Lipinski definition) is 4. The van der Waals surface area contributed by atoms with Gasteiger partial charge in [0.2, 0.25) is 0 Å². The Labute approximate surface area is 142 Å². The number of aromatic nitrogens is 2. The van der Waals surface area contributed by atoms with Crippen molar-refractivity contribution in [1.82, 2.24) is 15.1 Å². The summed E-state index contributed by atoms with van der Waals surface area (Å²) in [5.41, 5.74) is 1.74. The Morgan fingerprint density at radius 3 is 2.79 bits per heavy atom. The lowest BCUT2D eigenvalue weighted by Gasteiger charge is -2.28. The molecule has 0 aliphatic heterocycles. The molecule has 1 aromatic heterocycles. The molecule has 2 N–H and O–H groups in total. The summed E-state index contributed by atoms with van der Waals surface area (Å²) in [5, 5.41) is 16.5. The van der Waals surface area contributed by atoms with Gasteiger partial charge in [0.05, 0.1) is 7.11 Å². The fourth-order valence-corrected chi connectivity index (χ4v) is 2.47. The molecule has 0 bridgehead atoms. The van der Waals surface area contributed by atoms with Crippen molar-refractivity contribution in [3.05, 3.63) is 41.7 Å². The van der Waals surface area contributed by atoms with Crippen LogP contribution in [0, 0.1) is 6.92 Å². The number of carbonyl (C=O) groups excluding carboxylic acids is 1. The minimum absolute atomic E-state index is 0.0273. The van der Waals surface area contributed by atoms with Crippen LogP contribution in [-0.4, -0.2) is 40.0 Å². The average Bonchev–Trinajstić information content (AvgIpc) is 3.05. The molecule has 2 rings (SSSR count). The van der Waals surface area contributed by atoms with Crippen molar-refractivity contribution >= 4 is 5.91 Å². The third kappa shape index (κ3) is 3.94. The molecule has 0 aliphatic rings. The first-order valence-corrected chi connectivity index (χ1v) is 8.06. The molecule has 24 heavy (non-hydrogen) atoms. The van der Waals surface area contributed by atoms with Gasteiger partial charge in [-0.2, -0.15) is 5.10 Å². The van der Waals surface area contributed by atoms with E-state index < -0.39 is 5.54 Å². The molecule has 0 saturated carbocycles. The summed E-state index contributed by atoms with van der Waals surface area (Å²) in [6, 6.07) is 7.46. The van der Waals surface area contributed by atoms with Crippen LogP contribution in [0.3, 0.4) is 0 Å². The first kappa shape index (κ1) is 18.0. The summed E-state index contributed by atoms with van der Waals surface area (Å²) in [4.78, 5) is 12.5. The van der Waals surface area contributed by atoms with Crippen molar-refractivity contribution in [2.75, 3.05) is 13.7 Å². The van der Waals surface area contributed by atoms with E-state index >= 15 is 0 Å². The number of aliphatic hydroxyl groups is 1. The second kappa shape index (κ2) is 7.49. The van der Waals surface area contributed by atoms with Crippen LogP contribution < -0.4 is 10.1 Å². The van der Waals surface area contributed by atoms with Gasteiger partial charge < -0.3 is 15.2 Å². The predicted octanol–water partition coefficient (Wildman–Crippen LogP) is 2.47. The molecule has 2 aromatic rings. The van der Waals surface area contributed by atoms with Gasteiger partial charge in [-0.1, -0.05) is 13.0 Å². The molecule has 0 fully saturated rings. The SMILES string of the molecule is CCC(C)(CCO)NC(=O)c1ccn(-c2cc(C)ccc2OC)n1. The number of rotatable bonds is 7. The van der Waals surface area contributed by atoms with E-state index in [-0.39, 0.29) is 12.5 Å². The third-order valence-electron chi connectivity index (χ3n) is 4.26. The highest BCUT2D eigenvalue weighted by molar-refractivity contribution is 5.92. The fraction of sp³-hybridized carbons (Fsp3) is 0.444. The molecule has 130 valence electrons. The van der Waals surface area contributed by atoms with Crippen LogP contribution in [0.5, 0.6) is 5.75 Å². The van der Waals surface area contributed by atoms with Crippen LogP contribution in [-0.2, 0) is 0 Å². The van der Waals surface area contributed by atoms with Crippen LogP contribution in [0.1, 0.15) is 42.7 Å². The molecular weight excluding hydrogens is 306 g/mol. The number of amides is 1. The van der Waals surface area contributed by atoms with Gasteiger partial charge in [0.25, 0.3) is 5.91 Å². The molecule has 1 atom stereocenters. The van der Waals surface area contributed by atoms with Crippen molar-refractivity contribution in [2.45, 2.75) is 39.2 Å². The number of nitrogens with zero attached hydrogens (tertiary/aromatic N) is 2. The zero-order valence-corrected chi connectivity index (χ0v) is 14.7.